The summed E-state index contributed by atoms with van der Waals surface area (Å²) in [5.41, 5.74) is 5.43. The third kappa shape index (κ3) is 1.70. The van der Waals surface area contributed by atoms with Gasteiger partial charge in [-0.25, -0.2) is 0 Å². The minimum absolute atomic E-state index is 0.0631. The van der Waals surface area contributed by atoms with Crippen LogP contribution in [-0.4, -0.2) is 10.9 Å². The van der Waals surface area contributed by atoms with Gasteiger partial charge in [-0.15, -0.1) is 0 Å². The van der Waals surface area contributed by atoms with Crippen LogP contribution < -0.4 is 5.73 Å². The van der Waals surface area contributed by atoms with Crippen LogP contribution in [-0.2, 0) is 0 Å². The number of rotatable bonds is 1. The lowest BCUT2D eigenvalue weighted by atomic mass is 10.2. The van der Waals surface area contributed by atoms with Crippen molar-refractivity contribution in [2.75, 3.05) is 0 Å². The summed E-state index contributed by atoms with van der Waals surface area (Å²) >= 11 is 8.75. The maximum absolute atomic E-state index is 9.37. The molecule has 0 bridgehead atoms. The van der Waals surface area contributed by atoms with Crippen LogP contribution in [0.4, 0.5) is 0 Å². The van der Waals surface area contributed by atoms with Gasteiger partial charge in [0.1, 0.15) is 11.6 Å². The first kappa shape index (κ1) is 9.35. The standard InChI is InChI=1S/C7H6BrClN2O/c8-5-2-3(9)1-4(6(5)12)7(10)11/h1-2,12H,(H3,10,11). The van der Waals surface area contributed by atoms with E-state index in [0.717, 1.165) is 0 Å². The number of phenols is 1. The van der Waals surface area contributed by atoms with Crippen LogP contribution in [0.25, 0.3) is 0 Å². The monoisotopic (exact) mass is 248 g/mol. The van der Waals surface area contributed by atoms with Crippen molar-refractivity contribution >= 4 is 33.4 Å². The predicted molar refractivity (Wildman–Crippen MR) is 51.8 cm³/mol. The summed E-state index contributed by atoms with van der Waals surface area (Å²) in [6.07, 6.45) is 0. The molecule has 0 spiro atoms. The molecule has 0 saturated heterocycles. The number of hydrogen-bond acceptors (Lipinski definition) is 2. The summed E-state index contributed by atoms with van der Waals surface area (Å²) < 4.78 is 0.431. The fraction of sp³-hybridized carbons (Fsp3) is 0. The molecule has 0 amide bonds. The van der Waals surface area contributed by atoms with Gasteiger partial charge in [0, 0.05) is 5.02 Å². The van der Waals surface area contributed by atoms with E-state index in [-0.39, 0.29) is 17.1 Å². The van der Waals surface area contributed by atoms with Crippen LogP contribution in [0.5, 0.6) is 5.75 Å². The molecule has 0 saturated carbocycles. The first-order valence-corrected chi connectivity index (χ1v) is 4.22. The van der Waals surface area contributed by atoms with Crippen LogP contribution in [0.2, 0.25) is 5.02 Å². The third-order valence-electron chi connectivity index (χ3n) is 1.32. The van der Waals surface area contributed by atoms with Crippen LogP contribution in [0.3, 0.4) is 0 Å². The summed E-state index contributed by atoms with van der Waals surface area (Å²) in [5.74, 6) is -0.275. The molecule has 5 heteroatoms. The minimum Gasteiger partial charge on any atom is -0.506 e. The van der Waals surface area contributed by atoms with Gasteiger partial charge in [-0.1, -0.05) is 11.6 Å². The van der Waals surface area contributed by atoms with Gasteiger partial charge in [-0.2, -0.15) is 0 Å². The molecule has 0 fully saturated rings. The number of nitrogens with one attached hydrogen (secondary N) is 1. The molecule has 1 rings (SSSR count). The number of nitrogen functional groups attached to an aromatic ring is 1. The number of hydrogen-bond donors (Lipinski definition) is 3. The number of amidine groups is 1. The summed E-state index contributed by atoms with van der Waals surface area (Å²) in [7, 11) is 0. The molecule has 1 aromatic rings. The second kappa shape index (κ2) is 3.33. The van der Waals surface area contributed by atoms with Gasteiger partial charge in [-0.05, 0) is 28.1 Å². The van der Waals surface area contributed by atoms with Crippen molar-refractivity contribution in [2.24, 2.45) is 5.73 Å². The van der Waals surface area contributed by atoms with Crippen LogP contribution in [0.15, 0.2) is 16.6 Å². The van der Waals surface area contributed by atoms with Crippen molar-refractivity contribution in [1.29, 1.82) is 5.41 Å². The molecule has 0 aliphatic rings. The zero-order chi connectivity index (χ0) is 9.30. The van der Waals surface area contributed by atoms with E-state index in [1.165, 1.54) is 12.1 Å². The summed E-state index contributed by atoms with van der Waals surface area (Å²) in [6.45, 7) is 0. The molecule has 0 atom stereocenters. The van der Waals surface area contributed by atoms with Gasteiger partial charge in [0.2, 0.25) is 0 Å². The fourth-order valence-electron chi connectivity index (χ4n) is 0.771. The van der Waals surface area contributed by atoms with Crippen molar-refractivity contribution in [3.05, 3.63) is 27.2 Å². The van der Waals surface area contributed by atoms with Gasteiger partial charge in [0.25, 0.3) is 0 Å². The summed E-state index contributed by atoms with van der Waals surface area (Å²) in [5, 5.41) is 16.9. The quantitative estimate of drug-likeness (QED) is 0.527. The molecule has 3 nitrogen and oxygen atoms in total. The van der Waals surface area contributed by atoms with E-state index in [0.29, 0.717) is 9.50 Å². The first-order chi connectivity index (χ1) is 5.52. The minimum atomic E-state index is -0.212. The molecule has 0 aliphatic heterocycles. The third-order valence-corrected chi connectivity index (χ3v) is 2.14. The Bertz CT molecular complexity index is 340. The topological polar surface area (TPSA) is 70.1 Å². The van der Waals surface area contributed by atoms with Crippen molar-refractivity contribution in [3.8, 4) is 5.75 Å². The number of phenolic OH excluding ortho intramolecular Hbond substituents is 1. The maximum Gasteiger partial charge on any atom is 0.140 e. The van der Waals surface area contributed by atoms with E-state index in [2.05, 4.69) is 15.9 Å². The lowest BCUT2D eigenvalue weighted by molar-refractivity contribution is 0.470. The van der Waals surface area contributed by atoms with Crippen LogP contribution in [0.1, 0.15) is 5.56 Å². The second-order valence-corrected chi connectivity index (χ2v) is 3.49. The Kier molecular flexibility index (Phi) is 2.59. The molecule has 64 valence electrons. The maximum atomic E-state index is 9.37. The zero-order valence-corrected chi connectivity index (χ0v) is 8.28. The lowest BCUT2D eigenvalue weighted by Gasteiger charge is -2.04. The largest absolute Gasteiger partial charge is 0.506 e. The summed E-state index contributed by atoms with van der Waals surface area (Å²) in [4.78, 5) is 0. The Hall–Kier alpha value is -0.740. The highest BCUT2D eigenvalue weighted by Gasteiger charge is 2.08. The molecular weight excluding hydrogens is 243 g/mol. The number of benzene rings is 1. The number of nitrogens with two attached hydrogens (primary N) is 1. The van der Waals surface area contributed by atoms with E-state index < -0.39 is 0 Å². The highest BCUT2D eigenvalue weighted by molar-refractivity contribution is 9.10. The molecule has 12 heavy (non-hydrogen) atoms. The van der Waals surface area contributed by atoms with Crippen molar-refractivity contribution in [2.45, 2.75) is 0 Å². The second-order valence-electron chi connectivity index (χ2n) is 2.20. The molecular formula is C7H6BrClN2O. The van der Waals surface area contributed by atoms with Crippen molar-refractivity contribution < 1.29 is 5.11 Å². The van der Waals surface area contributed by atoms with Crippen molar-refractivity contribution in [1.82, 2.24) is 0 Å². The van der Waals surface area contributed by atoms with E-state index in [4.69, 9.17) is 22.7 Å². The smallest absolute Gasteiger partial charge is 0.140 e. The van der Waals surface area contributed by atoms with Gasteiger partial charge in [0.05, 0.1) is 10.0 Å². The first-order valence-electron chi connectivity index (χ1n) is 3.04. The number of halogens is 2. The zero-order valence-electron chi connectivity index (χ0n) is 5.94. The molecule has 0 radical (unpaired) electrons. The van der Waals surface area contributed by atoms with E-state index in [9.17, 15) is 5.11 Å². The Morgan fingerprint density at radius 2 is 2.17 bits per heavy atom. The molecule has 1 aromatic carbocycles. The molecule has 4 N–H and O–H groups in total. The van der Waals surface area contributed by atoms with Gasteiger partial charge in [0.15, 0.2) is 0 Å². The van der Waals surface area contributed by atoms with Crippen LogP contribution in [0, 0.1) is 5.41 Å². The molecule has 0 aromatic heterocycles. The van der Waals surface area contributed by atoms with Gasteiger partial charge < -0.3 is 10.8 Å². The predicted octanol–water partition coefficient (Wildman–Crippen LogP) is 2.09. The van der Waals surface area contributed by atoms with E-state index in [1.807, 2.05) is 0 Å². The fourth-order valence-corrected chi connectivity index (χ4v) is 1.58. The Labute approximate surface area is 82.8 Å². The average Bonchev–Trinajstić information content (AvgIpc) is 1.96. The normalized spacial score (nSPS) is 9.83. The van der Waals surface area contributed by atoms with Gasteiger partial charge >= 0.3 is 0 Å². The average molecular weight is 249 g/mol. The SMILES string of the molecule is N=C(N)c1cc(Cl)cc(Br)c1O. The van der Waals surface area contributed by atoms with Crippen LogP contribution >= 0.6 is 27.5 Å². The lowest BCUT2D eigenvalue weighted by Crippen LogP contribution is -2.11. The molecule has 0 unspecified atom stereocenters. The molecule has 0 aliphatic carbocycles. The Morgan fingerprint density at radius 3 is 2.67 bits per heavy atom. The Balaban J connectivity index is 3.37. The number of aromatic hydroxyl groups is 1. The Morgan fingerprint density at radius 1 is 1.58 bits per heavy atom. The highest BCUT2D eigenvalue weighted by Crippen LogP contribution is 2.30. The summed E-state index contributed by atoms with van der Waals surface area (Å²) in [6, 6.07) is 2.97. The highest BCUT2D eigenvalue weighted by atomic mass is 79.9. The van der Waals surface area contributed by atoms with E-state index >= 15 is 0 Å². The molecule has 0 heterocycles. The van der Waals surface area contributed by atoms with E-state index in [1.54, 1.807) is 0 Å². The van der Waals surface area contributed by atoms with Gasteiger partial charge in [-0.3, -0.25) is 5.41 Å². The van der Waals surface area contributed by atoms with Crippen molar-refractivity contribution in [3.63, 3.8) is 0 Å².